The maximum absolute atomic E-state index is 12.2. The van der Waals surface area contributed by atoms with E-state index in [1.54, 1.807) is 7.11 Å². The summed E-state index contributed by atoms with van der Waals surface area (Å²) in [4.78, 5) is 12.2. The smallest absolute Gasteiger partial charge is 0.255 e. The van der Waals surface area contributed by atoms with E-state index in [0.29, 0.717) is 17.9 Å². The summed E-state index contributed by atoms with van der Waals surface area (Å²) in [5.74, 6) is 0.456. The second-order valence-corrected chi connectivity index (χ2v) is 5.43. The Labute approximate surface area is 127 Å². The zero-order valence-corrected chi connectivity index (χ0v) is 13.0. The molecule has 0 aliphatic rings. The highest BCUT2D eigenvalue weighted by Gasteiger charge is 2.11. The van der Waals surface area contributed by atoms with Crippen molar-refractivity contribution in [3.8, 4) is 5.75 Å². The highest BCUT2D eigenvalue weighted by Crippen LogP contribution is 2.19. The van der Waals surface area contributed by atoms with Crippen molar-refractivity contribution in [1.29, 1.82) is 0 Å². The Kier molecular flexibility index (Phi) is 4.79. The molecule has 1 amide bonds. The molecule has 3 nitrogen and oxygen atoms in total. The highest BCUT2D eigenvalue weighted by molar-refractivity contribution is 9.10. The van der Waals surface area contributed by atoms with E-state index in [2.05, 4.69) is 21.2 Å². The molecule has 0 saturated carbocycles. The number of hydrogen-bond donors (Lipinski definition) is 1. The number of hydrogen-bond acceptors (Lipinski definition) is 2. The molecule has 0 aliphatic carbocycles. The summed E-state index contributed by atoms with van der Waals surface area (Å²) in [6.45, 7) is 2.44. The van der Waals surface area contributed by atoms with Gasteiger partial charge < -0.3 is 10.1 Å². The molecule has 0 bridgehead atoms. The molecule has 2 aromatic carbocycles. The van der Waals surface area contributed by atoms with Crippen molar-refractivity contribution in [1.82, 2.24) is 5.32 Å². The minimum Gasteiger partial charge on any atom is -0.496 e. The van der Waals surface area contributed by atoms with Gasteiger partial charge in [-0.25, -0.2) is 0 Å². The number of benzene rings is 2. The first-order chi connectivity index (χ1) is 9.60. The lowest BCUT2D eigenvalue weighted by molar-refractivity contribution is 0.0948. The van der Waals surface area contributed by atoms with E-state index in [4.69, 9.17) is 4.74 Å². The molecule has 104 valence electrons. The standard InChI is InChI=1S/C16H16BrNO2/c1-11-3-8-15(20-2)14(9-11)16(19)18-10-12-4-6-13(17)7-5-12/h3-9H,10H2,1-2H3,(H,18,19). The molecule has 0 fully saturated rings. The van der Waals surface area contributed by atoms with E-state index >= 15 is 0 Å². The number of amides is 1. The maximum atomic E-state index is 12.2. The molecule has 2 aromatic rings. The van der Waals surface area contributed by atoms with Crippen LogP contribution in [0.4, 0.5) is 0 Å². The zero-order valence-electron chi connectivity index (χ0n) is 11.4. The number of carbonyl (C=O) groups is 1. The Morgan fingerprint density at radius 2 is 1.90 bits per heavy atom. The highest BCUT2D eigenvalue weighted by atomic mass is 79.9. The molecule has 0 atom stereocenters. The second-order valence-electron chi connectivity index (χ2n) is 4.51. The Balaban J connectivity index is 2.08. The quantitative estimate of drug-likeness (QED) is 0.926. The fourth-order valence-corrected chi connectivity index (χ4v) is 2.14. The van der Waals surface area contributed by atoms with Crippen molar-refractivity contribution in [2.24, 2.45) is 0 Å². The van der Waals surface area contributed by atoms with Gasteiger partial charge in [-0.1, -0.05) is 39.7 Å². The summed E-state index contributed by atoms with van der Waals surface area (Å²) in [7, 11) is 1.57. The minimum atomic E-state index is -0.131. The molecule has 0 spiro atoms. The summed E-state index contributed by atoms with van der Waals surface area (Å²) in [6, 6.07) is 13.4. The van der Waals surface area contributed by atoms with Crippen LogP contribution in [0.5, 0.6) is 5.75 Å². The number of aryl methyl sites for hydroxylation is 1. The van der Waals surface area contributed by atoms with Gasteiger partial charge in [0.25, 0.3) is 5.91 Å². The molecule has 0 aliphatic heterocycles. The van der Waals surface area contributed by atoms with Gasteiger partial charge in [0.1, 0.15) is 5.75 Å². The van der Waals surface area contributed by atoms with Crippen LogP contribution in [0.2, 0.25) is 0 Å². The number of methoxy groups -OCH3 is 1. The Bertz CT molecular complexity index is 608. The van der Waals surface area contributed by atoms with Gasteiger partial charge in [-0.3, -0.25) is 4.79 Å². The predicted molar refractivity (Wildman–Crippen MR) is 83.0 cm³/mol. The van der Waals surface area contributed by atoms with Crippen LogP contribution >= 0.6 is 15.9 Å². The van der Waals surface area contributed by atoms with Gasteiger partial charge >= 0.3 is 0 Å². The molecule has 0 saturated heterocycles. The second kappa shape index (κ2) is 6.57. The predicted octanol–water partition coefficient (Wildman–Crippen LogP) is 3.70. The number of ether oxygens (including phenoxy) is 1. The van der Waals surface area contributed by atoms with Crippen LogP contribution in [0.25, 0.3) is 0 Å². The lowest BCUT2D eigenvalue weighted by Crippen LogP contribution is -2.23. The summed E-state index contributed by atoms with van der Waals surface area (Å²) >= 11 is 3.39. The first kappa shape index (κ1) is 14.6. The molecular weight excluding hydrogens is 318 g/mol. The van der Waals surface area contributed by atoms with Gasteiger partial charge in [-0.05, 0) is 36.8 Å². The lowest BCUT2D eigenvalue weighted by Gasteiger charge is -2.10. The fraction of sp³-hybridized carbons (Fsp3) is 0.188. The molecular formula is C16H16BrNO2. The number of rotatable bonds is 4. The Hall–Kier alpha value is -1.81. The van der Waals surface area contributed by atoms with Crippen LogP contribution in [-0.4, -0.2) is 13.0 Å². The average Bonchev–Trinajstić information content (AvgIpc) is 2.46. The lowest BCUT2D eigenvalue weighted by atomic mass is 10.1. The van der Waals surface area contributed by atoms with E-state index in [1.807, 2.05) is 49.4 Å². The molecule has 4 heteroatoms. The van der Waals surface area contributed by atoms with Crippen LogP contribution < -0.4 is 10.1 Å². The summed E-state index contributed by atoms with van der Waals surface area (Å²) in [5.41, 5.74) is 2.64. The van der Waals surface area contributed by atoms with Crippen LogP contribution in [0.1, 0.15) is 21.5 Å². The van der Waals surface area contributed by atoms with E-state index in [-0.39, 0.29) is 5.91 Å². The van der Waals surface area contributed by atoms with Crippen molar-refractivity contribution in [3.63, 3.8) is 0 Å². The molecule has 2 rings (SSSR count). The number of carbonyl (C=O) groups excluding carboxylic acids is 1. The van der Waals surface area contributed by atoms with Crippen LogP contribution in [0.3, 0.4) is 0 Å². The van der Waals surface area contributed by atoms with Gasteiger partial charge in [0.15, 0.2) is 0 Å². The SMILES string of the molecule is COc1ccc(C)cc1C(=O)NCc1ccc(Br)cc1. The van der Waals surface area contributed by atoms with Crippen molar-refractivity contribution >= 4 is 21.8 Å². The minimum absolute atomic E-state index is 0.131. The molecule has 0 unspecified atom stereocenters. The van der Waals surface area contributed by atoms with Crippen molar-refractivity contribution in [2.45, 2.75) is 13.5 Å². The van der Waals surface area contributed by atoms with Gasteiger partial charge in [-0.2, -0.15) is 0 Å². The van der Waals surface area contributed by atoms with Gasteiger partial charge in [0.2, 0.25) is 0 Å². The monoisotopic (exact) mass is 333 g/mol. The first-order valence-corrected chi connectivity index (χ1v) is 7.06. The molecule has 0 radical (unpaired) electrons. The number of nitrogens with one attached hydrogen (secondary N) is 1. The fourth-order valence-electron chi connectivity index (χ4n) is 1.88. The third kappa shape index (κ3) is 3.61. The average molecular weight is 334 g/mol. The Morgan fingerprint density at radius 1 is 1.20 bits per heavy atom. The van der Waals surface area contributed by atoms with Gasteiger partial charge in [-0.15, -0.1) is 0 Å². The number of halogens is 1. The first-order valence-electron chi connectivity index (χ1n) is 6.27. The Morgan fingerprint density at radius 3 is 2.55 bits per heavy atom. The third-order valence-corrected chi connectivity index (χ3v) is 3.49. The molecule has 1 N–H and O–H groups in total. The van der Waals surface area contributed by atoms with Crippen LogP contribution in [0.15, 0.2) is 46.9 Å². The zero-order chi connectivity index (χ0) is 14.5. The topological polar surface area (TPSA) is 38.3 Å². The summed E-state index contributed by atoms with van der Waals surface area (Å²) in [6.07, 6.45) is 0. The molecule has 0 heterocycles. The molecule has 20 heavy (non-hydrogen) atoms. The van der Waals surface area contributed by atoms with Crippen molar-refractivity contribution in [2.75, 3.05) is 7.11 Å². The van der Waals surface area contributed by atoms with E-state index < -0.39 is 0 Å². The van der Waals surface area contributed by atoms with Crippen molar-refractivity contribution < 1.29 is 9.53 Å². The van der Waals surface area contributed by atoms with E-state index in [1.165, 1.54) is 0 Å². The maximum Gasteiger partial charge on any atom is 0.255 e. The van der Waals surface area contributed by atoms with E-state index in [9.17, 15) is 4.79 Å². The summed E-state index contributed by atoms with van der Waals surface area (Å²) < 4.78 is 6.24. The summed E-state index contributed by atoms with van der Waals surface area (Å²) in [5, 5.41) is 2.90. The van der Waals surface area contributed by atoms with Gasteiger partial charge in [0, 0.05) is 11.0 Å². The normalized spacial score (nSPS) is 10.2. The van der Waals surface area contributed by atoms with Gasteiger partial charge in [0.05, 0.1) is 12.7 Å². The molecule has 0 aromatic heterocycles. The largest absolute Gasteiger partial charge is 0.496 e. The van der Waals surface area contributed by atoms with Crippen molar-refractivity contribution in [3.05, 3.63) is 63.6 Å². The van der Waals surface area contributed by atoms with Crippen LogP contribution in [0, 0.1) is 6.92 Å². The van der Waals surface area contributed by atoms with Crippen LogP contribution in [-0.2, 0) is 6.54 Å². The van der Waals surface area contributed by atoms with E-state index in [0.717, 1.165) is 15.6 Å². The third-order valence-electron chi connectivity index (χ3n) is 2.97.